The molecule has 1 aromatic carbocycles. The van der Waals surface area contributed by atoms with Gasteiger partial charge in [-0.2, -0.15) is 0 Å². The van der Waals surface area contributed by atoms with Gasteiger partial charge in [0.15, 0.2) is 0 Å². The fraction of sp³-hybridized carbons (Fsp3) is 0.462. The van der Waals surface area contributed by atoms with Gasteiger partial charge in [0.25, 0.3) is 0 Å². The van der Waals surface area contributed by atoms with Crippen molar-refractivity contribution >= 4 is 18.3 Å². The van der Waals surface area contributed by atoms with E-state index in [1.807, 2.05) is 6.92 Å². The highest BCUT2D eigenvalue weighted by Gasteiger charge is 2.12. The maximum Gasteiger partial charge on any atom is 0.224 e. The SMILES string of the molecule is CC(CNC(=O)C(C)CN)Oc1ccc(F)cc1.Cl. The molecule has 0 aliphatic carbocycles. The van der Waals surface area contributed by atoms with E-state index in [1.54, 1.807) is 19.1 Å². The number of nitrogens with two attached hydrogens (primary N) is 1. The smallest absolute Gasteiger partial charge is 0.224 e. The van der Waals surface area contributed by atoms with Crippen molar-refractivity contribution in [2.45, 2.75) is 20.0 Å². The van der Waals surface area contributed by atoms with Crippen LogP contribution in [0.25, 0.3) is 0 Å². The second-order valence-corrected chi connectivity index (χ2v) is 4.26. The number of carbonyl (C=O) groups excluding carboxylic acids is 1. The maximum atomic E-state index is 12.7. The van der Waals surface area contributed by atoms with Gasteiger partial charge in [-0.1, -0.05) is 6.92 Å². The second kappa shape index (κ2) is 8.72. The fourth-order valence-electron chi connectivity index (χ4n) is 1.31. The van der Waals surface area contributed by atoms with Crippen LogP contribution in [0, 0.1) is 11.7 Å². The first kappa shape index (κ1) is 17.7. The summed E-state index contributed by atoms with van der Waals surface area (Å²) in [5.74, 6) is -0.0276. The molecule has 1 amide bonds. The molecule has 0 saturated carbocycles. The van der Waals surface area contributed by atoms with Gasteiger partial charge < -0.3 is 15.8 Å². The van der Waals surface area contributed by atoms with Crippen molar-refractivity contribution in [2.24, 2.45) is 11.7 Å². The zero-order valence-corrected chi connectivity index (χ0v) is 11.9. The van der Waals surface area contributed by atoms with Gasteiger partial charge in [-0.25, -0.2) is 4.39 Å². The van der Waals surface area contributed by atoms with Crippen molar-refractivity contribution < 1.29 is 13.9 Å². The molecule has 1 rings (SSSR count). The van der Waals surface area contributed by atoms with Gasteiger partial charge >= 0.3 is 0 Å². The van der Waals surface area contributed by atoms with E-state index in [1.165, 1.54) is 12.1 Å². The minimum absolute atomic E-state index is 0. The molecular formula is C13H20ClFN2O2. The maximum absolute atomic E-state index is 12.7. The van der Waals surface area contributed by atoms with Gasteiger partial charge in [0.1, 0.15) is 17.7 Å². The van der Waals surface area contributed by atoms with E-state index in [9.17, 15) is 9.18 Å². The second-order valence-electron chi connectivity index (χ2n) is 4.26. The lowest BCUT2D eigenvalue weighted by atomic mass is 10.1. The van der Waals surface area contributed by atoms with Crippen molar-refractivity contribution in [1.82, 2.24) is 5.32 Å². The van der Waals surface area contributed by atoms with Crippen LogP contribution in [0.15, 0.2) is 24.3 Å². The number of amides is 1. The number of hydrogen-bond donors (Lipinski definition) is 2. The summed E-state index contributed by atoms with van der Waals surface area (Å²) in [5.41, 5.74) is 5.39. The molecule has 0 radical (unpaired) electrons. The van der Waals surface area contributed by atoms with E-state index in [0.29, 0.717) is 18.8 Å². The molecule has 0 saturated heterocycles. The summed E-state index contributed by atoms with van der Waals surface area (Å²) < 4.78 is 18.2. The van der Waals surface area contributed by atoms with Gasteiger partial charge in [-0.05, 0) is 31.2 Å². The Bertz CT molecular complexity index is 387. The first-order chi connectivity index (χ1) is 8.52. The number of benzene rings is 1. The summed E-state index contributed by atoms with van der Waals surface area (Å²) in [4.78, 5) is 11.5. The minimum atomic E-state index is -0.305. The van der Waals surface area contributed by atoms with Crippen LogP contribution < -0.4 is 15.8 Å². The molecule has 0 aliphatic rings. The van der Waals surface area contributed by atoms with E-state index >= 15 is 0 Å². The zero-order chi connectivity index (χ0) is 13.5. The lowest BCUT2D eigenvalue weighted by Gasteiger charge is -2.16. The highest BCUT2D eigenvalue weighted by molar-refractivity contribution is 5.85. The first-order valence-electron chi connectivity index (χ1n) is 5.93. The summed E-state index contributed by atoms with van der Waals surface area (Å²) >= 11 is 0. The third kappa shape index (κ3) is 6.40. The lowest BCUT2D eigenvalue weighted by Crippen LogP contribution is -2.38. The van der Waals surface area contributed by atoms with Crippen LogP contribution in [0.3, 0.4) is 0 Å². The molecule has 3 N–H and O–H groups in total. The molecule has 0 aromatic heterocycles. The summed E-state index contributed by atoms with van der Waals surface area (Å²) in [5, 5.41) is 2.75. The van der Waals surface area contributed by atoms with Crippen LogP contribution in [-0.2, 0) is 4.79 Å². The van der Waals surface area contributed by atoms with E-state index < -0.39 is 0 Å². The summed E-state index contributed by atoms with van der Waals surface area (Å²) in [7, 11) is 0. The quantitative estimate of drug-likeness (QED) is 0.838. The van der Waals surface area contributed by atoms with Crippen LogP contribution in [0.4, 0.5) is 4.39 Å². The van der Waals surface area contributed by atoms with Crippen LogP contribution in [-0.4, -0.2) is 25.1 Å². The molecule has 4 nitrogen and oxygen atoms in total. The topological polar surface area (TPSA) is 64.4 Å². The Morgan fingerprint density at radius 1 is 1.37 bits per heavy atom. The molecule has 19 heavy (non-hydrogen) atoms. The van der Waals surface area contributed by atoms with Crippen molar-refractivity contribution in [3.05, 3.63) is 30.1 Å². The van der Waals surface area contributed by atoms with Gasteiger partial charge in [0, 0.05) is 12.5 Å². The molecular weight excluding hydrogens is 271 g/mol. The third-order valence-electron chi connectivity index (χ3n) is 2.52. The van der Waals surface area contributed by atoms with Crippen LogP contribution >= 0.6 is 12.4 Å². The molecule has 0 heterocycles. The molecule has 1 aromatic rings. The highest BCUT2D eigenvalue weighted by atomic mass is 35.5. The molecule has 0 aliphatic heterocycles. The van der Waals surface area contributed by atoms with E-state index in [2.05, 4.69) is 5.32 Å². The Balaban J connectivity index is 0.00000324. The Morgan fingerprint density at radius 2 is 1.95 bits per heavy atom. The van der Waals surface area contributed by atoms with Gasteiger partial charge in [-0.3, -0.25) is 4.79 Å². The largest absolute Gasteiger partial charge is 0.489 e. The van der Waals surface area contributed by atoms with Crippen molar-refractivity contribution in [2.75, 3.05) is 13.1 Å². The fourth-order valence-corrected chi connectivity index (χ4v) is 1.31. The molecule has 2 atom stereocenters. The highest BCUT2D eigenvalue weighted by Crippen LogP contribution is 2.12. The van der Waals surface area contributed by atoms with E-state index in [0.717, 1.165) is 0 Å². The molecule has 0 fully saturated rings. The van der Waals surface area contributed by atoms with Gasteiger partial charge in [-0.15, -0.1) is 12.4 Å². The minimum Gasteiger partial charge on any atom is -0.489 e. The Labute approximate surface area is 118 Å². The molecule has 2 unspecified atom stereocenters. The van der Waals surface area contributed by atoms with Crippen molar-refractivity contribution in [3.63, 3.8) is 0 Å². The van der Waals surface area contributed by atoms with Crippen molar-refractivity contribution in [1.29, 1.82) is 0 Å². The third-order valence-corrected chi connectivity index (χ3v) is 2.52. The summed E-state index contributed by atoms with van der Waals surface area (Å²) in [6.07, 6.45) is -0.190. The Kier molecular flexibility index (Phi) is 8.11. The van der Waals surface area contributed by atoms with Crippen molar-refractivity contribution in [3.8, 4) is 5.75 Å². The number of halogens is 2. The number of carbonyl (C=O) groups is 1. The van der Waals surface area contributed by atoms with E-state index in [4.69, 9.17) is 10.5 Å². The first-order valence-corrected chi connectivity index (χ1v) is 5.93. The molecule has 108 valence electrons. The number of nitrogens with one attached hydrogen (secondary N) is 1. The number of ether oxygens (including phenoxy) is 1. The average Bonchev–Trinajstić information content (AvgIpc) is 2.37. The van der Waals surface area contributed by atoms with Gasteiger partial charge in [0.05, 0.1) is 6.54 Å². The number of hydrogen-bond acceptors (Lipinski definition) is 3. The van der Waals surface area contributed by atoms with E-state index in [-0.39, 0.29) is 36.2 Å². The van der Waals surface area contributed by atoms with Gasteiger partial charge in [0.2, 0.25) is 5.91 Å². The standard InChI is InChI=1S/C13H19FN2O2.ClH/c1-9(7-15)13(17)16-8-10(2)18-12-5-3-11(14)4-6-12;/h3-6,9-10H,7-8,15H2,1-2H3,(H,16,17);1H. The predicted molar refractivity (Wildman–Crippen MR) is 75.0 cm³/mol. The Hall–Kier alpha value is -1.33. The monoisotopic (exact) mass is 290 g/mol. The number of rotatable bonds is 6. The van der Waals surface area contributed by atoms with Crippen LogP contribution in [0.5, 0.6) is 5.75 Å². The predicted octanol–water partition coefficient (Wildman–Crippen LogP) is 1.73. The van der Waals surface area contributed by atoms with Crippen LogP contribution in [0.2, 0.25) is 0 Å². The average molecular weight is 291 g/mol. The summed E-state index contributed by atoms with van der Waals surface area (Å²) in [6.45, 7) is 4.30. The Morgan fingerprint density at radius 3 is 2.47 bits per heavy atom. The molecule has 0 spiro atoms. The van der Waals surface area contributed by atoms with Crippen LogP contribution in [0.1, 0.15) is 13.8 Å². The normalized spacial score (nSPS) is 13.1. The molecule has 6 heteroatoms. The summed E-state index contributed by atoms with van der Waals surface area (Å²) in [6, 6.07) is 5.76. The molecule has 0 bridgehead atoms. The lowest BCUT2D eigenvalue weighted by molar-refractivity contribution is -0.124. The zero-order valence-electron chi connectivity index (χ0n) is 11.1.